The van der Waals surface area contributed by atoms with Crippen LogP contribution in [0.2, 0.25) is 0 Å². The molecule has 6 heteroatoms. The Balaban J connectivity index is 2.05. The van der Waals surface area contributed by atoms with Gasteiger partial charge in [-0.3, -0.25) is 0 Å². The molecule has 0 amide bonds. The van der Waals surface area contributed by atoms with Gasteiger partial charge in [0.25, 0.3) is 0 Å². The van der Waals surface area contributed by atoms with Crippen molar-refractivity contribution in [3.05, 3.63) is 48.9 Å². The van der Waals surface area contributed by atoms with Crippen molar-refractivity contribution >= 4 is 21.9 Å². The Bertz CT molecular complexity index is 959. The van der Waals surface area contributed by atoms with E-state index in [0.717, 1.165) is 27.6 Å². The molecule has 4 aromatic heterocycles. The van der Waals surface area contributed by atoms with Crippen LogP contribution in [0, 0.1) is 11.3 Å². The van der Waals surface area contributed by atoms with Crippen molar-refractivity contribution in [3.63, 3.8) is 0 Å². The van der Waals surface area contributed by atoms with Gasteiger partial charge in [-0.2, -0.15) is 5.26 Å². The number of fused-ring (bicyclic) bond motifs is 3. The normalized spacial score (nSPS) is 10.9. The predicted molar refractivity (Wildman–Crippen MR) is 73.2 cm³/mol. The Morgan fingerprint density at radius 1 is 1.15 bits per heavy atom. The molecule has 0 aliphatic heterocycles. The Labute approximate surface area is 113 Å². The van der Waals surface area contributed by atoms with E-state index in [9.17, 15) is 0 Å². The second-order valence-corrected chi connectivity index (χ2v) is 4.41. The van der Waals surface area contributed by atoms with E-state index in [1.807, 2.05) is 16.8 Å². The standard InChI is InChI=1S/C14H8N6/c15-5-9-3-11-12-4-10(20-2-1-16-8-20)6-18-14(12)19-13(11)7-17-9/h1-4,6-8H,(H,18,19). The summed E-state index contributed by atoms with van der Waals surface area (Å²) in [6.07, 6.45) is 8.74. The molecule has 0 saturated heterocycles. The van der Waals surface area contributed by atoms with E-state index in [1.165, 1.54) is 0 Å². The van der Waals surface area contributed by atoms with Crippen molar-refractivity contribution < 1.29 is 0 Å². The van der Waals surface area contributed by atoms with Crippen LogP contribution in [-0.2, 0) is 0 Å². The van der Waals surface area contributed by atoms with Crippen LogP contribution in [-0.4, -0.2) is 24.5 Å². The fourth-order valence-corrected chi connectivity index (χ4v) is 2.28. The average Bonchev–Trinajstić information content (AvgIpc) is 3.13. The topological polar surface area (TPSA) is 83.2 Å². The van der Waals surface area contributed by atoms with Gasteiger partial charge in [-0.05, 0) is 12.1 Å². The molecule has 4 rings (SSSR count). The van der Waals surface area contributed by atoms with E-state index in [4.69, 9.17) is 5.26 Å². The molecule has 0 fully saturated rings. The van der Waals surface area contributed by atoms with E-state index in [1.54, 1.807) is 31.0 Å². The van der Waals surface area contributed by atoms with Gasteiger partial charge in [0.15, 0.2) is 0 Å². The van der Waals surface area contributed by atoms with Crippen molar-refractivity contribution in [2.75, 3.05) is 0 Å². The summed E-state index contributed by atoms with van der Waals surface area (Å²) in [5.74, 6) is 0. The summed E-state index contributed by atoms with van der Waals surface area (Å²) in [4.78, 5) is 15.7. The number of aromatic amines is 1. The number of nitriles is 1. The lowest BCUT2D eigenvalue weighted by atomic mass is 10.2. The summed E-state index contributed by atoms with van der Waals surface area (Å²) in [7, 11) is 0. The van der Waals surface area contributed by atoms with E-state index in [0.29, 0.717) is 5.69 Å². The SMILES string of the molecule is N#Cc1cc2c(cn1)[nH]c1ncc(-n3ccnc3)cc12. The third-order valence-corrected chi connectivity index (χ3v) is 3.24. The number of aromatic nitrogens is 5. The quantitative estimate of drug-likeness (QED) is 0.568. The minimum atomic E-state index is 0.395. The zero-order valence-corrected chi connectivity index (χ0v) is 10.3. The van der Waals surface area contributed by atoms with Gasteiger partial charge >= 0.3 is 0 Å². The van der Waals surface area contributed by atoms with E-state index in [-0.39, 0.29) is 0 Å². The first-order valence-electron chi connectivity index (χ1n) is 6.01. The third kappa shape index (κ3) is 1.47. The lowest BCUT2D eigenvalue weighted by Gasteiger charge is -2.01. The number of imidazole rings is 1. The summed E-state index contributed by atoms with van der Waals surface area (Å²) >= 11 is 0. The summed E-state index contributed by atoms with van der Waals surface area (Å²) in [6.45, 7) is 0. The monoisotopic (exact) mass is 260 g/mol. The molecular formula is C14H8N6. The average molecular weight is 260 g/mol. The Hall–Kier alpha value is -3.20. The van der Waals surface area contributed by atoms with Crippen molar-refractivity contribution in [3.8, 4) is 11.8 Å². The largest absolute Gasteiger partial charge is 0.338 e. The number of H-pyrrole nitrogens is 1. The van der Waals surface area contributed by atoms with Crippen molar-refractivity contribution in [1.82, 2.24) is 24.5 Å². The molecule has 0 aliphatic carbocycles. The fourth-order valence-electron chi connectivity index (χ4n) is 2.28. The molecule has 94 valence electrons. The number of hydrogen-bond acceptors (Lipinski definition) is 4. The minimum absolute atomic E-state index is 0.395. The van der Waals surface area contributed by atoms with Gasteiger partial charge in [-0.25, -0.2) is 15.0 Å². The first kappa shape index (κ1) is 10.7. The number of pyridine rings is 2. The molecule has 0 aliphatic rings. The molecule has 1 N–H and O–H groups in total. The highest BCUT2D eigenvalue weighted by Crippen LogP contribution is 2.25. The first-order chi connectivity index (χ1) is 9.85. The summed E-state index contributed by atoms with van der Waals surface area (Å²) in [6, 6.07) is 5.84. The Morgan fingerprint density at radius 2 is 2.10 bits per heavy atom. The van der Waals surface area contributed by atoms with Crippen molar-refractivity contribution in [2.45, 2.75) is 0 Å². The predicted octanol–water partition coefficient (Wildman–Crippen LogP) is 2.17. The Kier molecular flexibility index (Phi) is 2.08. The highest BCUT2D eigenvalue weighted by Gasteiger charge is 2.08. The second kappa shape index (κ2) is 3.90. The molecule has 0 unspecified atom stereocenters. The molecule has 0 aromatic carbocycles. The van der Waals surface area contributed by atoms with Gasteiger partial charge in [0.2, 0.25) is 0 Å². The molecule has 0 saturated carbocycles. The van der Waals surface area contributed by atoms with Crippen LogP contribution in [0.5, 0.6) is 0 Å². The van der Waals surface area contributed by atoms with Crippen molar-refractivity contribution in [2.24, 2.45) is 0 Å². The molecule has 6 nitrogen and oxygen atoms in total. The zero-order valence-electron chi connectivity index (χ0n) is 10.3. The van der Waals surface area contributed by atoms with Gasteiger partial charge in [0.05, 0.1) is 29.9 Å². The van der Waals surface area contributed by atoms with Crippen molar-refractivity contribution in [1.29, 1.82) is 5.26 Å². The lowest BCUT2D eigenvalue weighted by Crippen LogP contribution is -1.90. The summed E-state index contributed by atoms with van der Waals surface area (Å²) in [5.41, 5.74) is 2.97. The molecule has 4 aromatic rings. The molecule has 4 heterocycles. The fraction of sp³-hybridized carbons (Fsp3) is 0. The smallest absolute Gasteiger partial charge is 0.141 e. The Morgan fingerprint density at radius 3 is 2.90 bits per heavy atom. The van der Waals surface area contributed by atoms with Gasteiger partial charge in [-0.1, -0.05) is 0 Å². The highest BCUT2D eigenvalue weighted by atomic mass is 15.0. The van der Waals surface area contributed by atoms with E-state index in [2.05, 4.69) is 26.0 Å². The van der Waals surface area contributed by atoms with Crippen LogP contribution in [0.25, 0.3) is 27.6 Å². The minimum Gasteiger partial charge on any atom is -0.338 e. The molecule has 0 atom stereocenters. The molecule has 20 heavy (non-hydrogen) atoms. The summed E-state index contributed by atoms with van der Waals surface area (Å²) in [5, 5.41) is 10.9. The molecule has 0 radical (unpaired) electrons. The van der Waals surface area contributed by atoms with Crippen LogP contribution in [0.1, 0.15) is 5.69 Å². The number of nitrogens with zero attached hydrogens (tertiary/aromatic N) is 5. The van der Waals surface area contributed by atoms with Gasteiger partial charge in [0, 0.05) is 23.2 Å². The van der Waals surface area contributed by atoms with Gasteiger partial charge in [-0.15, -0.1) is 0 Å². The van der Waals surface area contributed by atoms with Crippen LogP contribution < -0.4 is 0 Å². The highest BCUT2D eigenvalue weighted by molar-refractivity contribution is 6.06. The molecule has 0 spiro atoms. The second-order valence-electron chi connectivity index (χ2n) is 4.41. The van der Waals surface area contributed by atoms with Crippen LogP contribution >= 0.6 is 0 Å². The zero-order chi connectivity index (χ0) is 13.5. The maximum atomic E-state index is 8.96. The van der Waals surface area contributed by atoms with E-state index < -0.39 is 0 Å². The lowest BCUT2D eigenvalue weighted by molar-refractivity contribution is 1.05. The first-order valence-corrected chi connectivity index (χ1v) is 6.01. The van der Waals surface area contributed by atoms with Gasteiger partial charge < -0.3 is 9.55 Å². The maximum absolute atomic E-state index is 8.96. The molecular weight excluding hydrogens is 252 g/mol. The summed E-state index contributed by atoms with van der Waals surface area (Å²) < 4.78 is 1.89. The van der Waals surface area contributed by atoms with Crippen LogP contribution in [0.15, 0.2) is 43.2 Å². The number of hydrogen-bond donors (Lipinski definition) is 1. The number of nitrogens with one attached hydrogen (secondary N) is 1. The van der Waals surface area contributed by atoms with Crippen LogP contribution in [0.3, 0.4) is 0 Å². The van der Waals surface area contributed by atoms with E-state index >= 15 is 0 Å². The third-order valence-electron chi connectivity index (χ3n) is 3.24. The molecule has 0 bridgehead atoms. The van der Waals surface area contributed by atoms with Gasteiger partial charge in [0.1, 0.15) is 17.4 Å². The maximum Gasteiger partial charge on any atom is 0.141 e. The van der Waals surface area contributed by atoms with Crippen LogP contribution in [0.4, 0.5) is 0 Å². The number of rotatable bonds is 1.